The van der Waals surface area contributed by atoms with E-state index >= 15 is 0 Å². The Balaban J connectivity index is 1.59. The van der Waals surface area contributed by atoms with Gasteiger partial charge in [-0.25, -0.2) is 14.5 Å². The van der Waals surface area contributed by atoms with Gasteiger partial charge in [0.1, 0.15) is 17.4 Å². The molecule has 150 valence electrons. The predicted molar refractivity (Wildman–Crippen MR) is 111 cm³/mol. The lowest BCUT2D eigenvalue weighted by Gasteiger charge is -2.14. The smallest absolute Gasteiger partial charge is 0.272 e. The fraction of sp³-hybridized carbons (Fsp3) is 0.182. The average molecular weight is 403 g/mol. The van der Waals surface area contributed by atoms with Crippen LogP contribution in [0, 0.1) is 12.7 Å². The molecule has 0 bridgehead atoms. The molecule has 0 aliphatic carbocycles. The molecule has 30 heavy (non-hydrogen) atoms. The van der Waals surface area contributed by atoms with Crippen molar-refractivity contribution in [3.8, 4) is 16.9 Å². The first-order valence-corrected chi connectivity index (χ1v) is 9.59. The van der Waals surface area contributed by atoms with Gasteiger partial charge in [-0.2, -0.15) is 5.10 Å². The number of hydrogen-bond acceptors (Lipinski definition) is 6. The largest absolute Gasteiger partial charge is 0.493 e. The highest BCUT2D eigenvalue weighted by Crippen LogP contribution is 2.33. The lowest BCUT2D eigenvalue weighted by atomic mass is 10.0. The minimum atomic E-state index is -0.323. The van der Waals surface area contributed by atoms with E-state index in [-0.39, 0.29) is 17.9 Å². The molecule has 4 aromatic rings. The summed E-state index contributed by atoms with van der Waals surface area (Å²) in [6, 6.07) is 6.78. The number of aromatic nitrogens is 4. The van der Waals surface area contributed by atoms with Gasteiger partial charge in [0.25, 0.3) is 5.56 Å². The van der Waals surface area contributed by atoms with Gasteiger partial charge in [0.2, 0.25) is 0 Å². The van der Waals surface area contributed by atoms with Gasteiger partial charge in [0.05, 0.1) is 23.6 Å². The minimum absolute atomic E-state index is 0.221. The highest BCUT2D eigenvalue weighted by molar-refractivity contribution is 6.01. The van der Waals surface area contributed by atoms with E-state index in [1.807, 2.05) is 19.1 Å². The summed E-state index contributed by atoms with van der Waals surface area (Å²) < 4.78 is 20.0. The zero-order chi connectivity index (χ0) is 20.7. The molecule has 1 aliphatic heterocycles. The first-order valence-electron chi connectivity index (χ1n) is 9.59. The monoisotopic (exact) mass is 403 g/mol. The van der Waals surface area contributed by atoms with Gasteiger partial charge in [-0.3, -0.25) is 9.78 Å². The molecule has 0 saturated heterocycles. The highest BCUT2D eigenvalue weighted by Gasteiger charge is 2.20. The third kappa shape index (κ3) is 2.97. The van der Waals surface area contributed by atoms with E-state index in [0.29, 0.717) is 46.5 Å². The molecule has 0 saturated carbocycles. The number of nitrogens with zero attached hydrogens (tertiary/aromatic N) is 3. The summed E-state index contributed by atoms with van der Waals surface area (Å²) in [6.45, 7) is 2.65. The highest BCUT2D eigenvalue weighted by atomic mass is 19.1. The molecule has 8 heteroatoms. The van der Waals surface area contributed by atoms with Crippen molar-refractivity contribution >= 4 is 16.6 Å². The van der Waals surface area contributed by atoms with Gasteiger partial charge in [-0.05, 0) is 25.1 Å². The standard InChI is InChI=1S/C22H18FN5O2/c1-12-13(3-2-7-24-12)16-10-26-21(17-11-27-28-22(29)20(16)17)25-9-15-14-6-8-30-19(14)5-4-18(15)23/h2-5,7,10-11H,6,8-9H2,1H3,(H,25,26)(H,28,29). The van der Waals surface area contributed by atoms with Crippen LogP contribution in [-0.2, 0) is 13.0 Å². The van der Waals surface area contributed by atoms with E-state index in [2.05, 4.69) is 25.5 Å². The van der Waals surface area contributed by atoms with Crippen LogP contribution in [-0.4, -0.2) is 26.8 Å². The topological polar surface area (TPSA) is 92.8 Å². The summed E-state index contributed by atoms with van der Waals surface area (Å²) >= 11 is 0. The van der Waals surface area contributed by atoms with Crippen LogP contribution in [0.4, 0.5) is 10.2 Å². The van der Waals surface area contributed by atoms with Gasteiger partial charge < -0.3 is 10.1 Å². The summed E-state index contributed by atoms with van der Waals surface area (Å²) in [5.74, 6) is 0.881. The van der Waals surface area contributed by atoms with Crippen molar-refractivity contribution in [2.45, 2.75) is 19.9 Å². The van der Waals surface area contributed by atoms with Crippen LogP contribution in [0.2, 0.25) is 0 Å². The van der Waals surface area contributed by atoms with Crippen molar-refractivity contribution in [2.75, 3.05) is 11.9 Å². The number of aromatic amines is 1. The Morgan fingerprint density at radius 2 is 2.10 bits per heavy atom. The molecule has 5 rings (SSSR count). The molecule has 0 radical (unpaired) electrons. The number of benzene rings is 1. The van der Waals surface area contributed by atoms with Crippen LogP contribution < -0.4 is 15.6 Å². The van der Waals surface area contributed by atoms with Gasteiger partial charge >= 0.3 is 0 Å². The zero-order valence-corrected chi connectivity index (χ0v) is 16.2. The number of H-pyrrole nitrogens is 1. The molecule has 0 amide bonds. The summed E-state index contributed by atoms with van der Waals surface area (Å²) in [6.07, 6.45) is 5.56. The SMILES string of the molecule is Cc1ncccc1-c1cnc(NCc2c(F)ccc3c2CCO3)c2cn[nH]c(=O)c12. The van der Waals surface area contributed by atoms with Crippen LogP contribution in [0.15, 0.2) is 47.7 Å². The molecular formula is C22H18FN5O2. The van der Waals surface area contributed by atoms with Crippen LogP contribution in [0.5, 0.6) is 5.75 Å². The second-order valence-electron chi connectivity index (χ2n) is 7.10. The molecule has 4 heterocycles. The number of pyridine rings is 2. The lowest BCUT2D eigenvalue weighted by molar-refractivity contribution is 0.356. The first kappa shape index (κ1) is 18.2. The van der Waals surface area contributed by atoms with E-state index in [9.17, 15) is 9.18 Å². The number of hydrogen-bond donors (Lipinski definition) is 2. The predicted octanol–water partition coefficient (Wildman–Crippen LogP) is 3.37. The number of aryl methyl sites for hydroxylation is 1. The molecule has 1 aromatic carbocycles. The van der Waals surface area contributed by atoms with E-state index < -0.39 is 0 Å². The van der Waals surface area contributed by atoms with E-state index in [0.717, 1.165) is 16.8 Å². The van der Waals surface area contributed by atoms with Gasteiger partial charge in [-0.15, -0.1) is 0 Å². The minimum Gasteiger partial charge on any atom is -0.493 e. The van der Waals surface area contributed by atoms with Crippen molar-refractivity contribution in [3.63, 3.8) is 0 Å². The molecule has 2 N–H and O–H groups in total. The normalized spacial score (nSPS) is 12.6. The molecule has 0 spiro atoms. The summed E-state index contributed by atoms with van der Waals surface area (Å²) in [7, 11) is 0. The number of nitrogens with one attached hydrogen (secondary N) is 2. The Labute approximate surface area is 171 Å². The number of anilines is 1. The Kier molecular flexibility index (Phi) is 4.39. The molecule has 7 nitrogen and oxygen atoms in total. The van der Waals surface area contributed by atoms with Crippen LogP contribution in [0.1, 0.15) is 16.8 Å². The summed E-state index contributed by atoms with van der Waals surface area (Å²) in [4.78, 5) is 21.5. The number of fused-ring (bicyclic) bond motifs is 2. The fourth-order valence-electron chi connectivity index (χ4n) is 3.90. The van der Waals surface area contributed by atoms with Crippen molar-refractivity contribution in [1.82, 2.24) is 20.2 Å². The van der Waals surface area contributed by atoms with Crippen LogP contribution in [0.25, 0.3) is 21.9 Å². The summed E-state index contributed by atoms with van der Waals surface area (Å²) in [5, 5.41) is 10.6. The molecule has 0 atom stereocenters. The molecule has 1 aliphatic rings. The van der Waals surface area contributed by atoms with Crippen LogP contribution in [0.3, 0.4) is 0 Å². The second-order valence-corrected chi connectivity index (χ2v) is 7.10. The lowest BCUT2D eigenvalue weighted by Crippen LogP contribution is -2.12. The van der Waals surface area contributed by atoms with Crippen LogP contribution >= 0.6 is 0 Å². The second kappa shape index (κ2) is 7.22. The van der Waals surface area contributed by atoms with E-state index in [1.165, 1.54) is 6.07 Å². The first-order chi connectivity index (χ1) is 14.6. The Morgan fingerprint density at radius 3 is 2.97 bits per heavy atom. The maximum absolute atomic E-state index is 14.5. The van der Waals surface area contributed by atoms with Crippen molar-refractivity contribution < 1.29 is 9.13 Å². The average Bonchev–Trinajstić information content (AvgIpc) is 3.23. The third-order valence-electron chi connectivity index (χ3n) is 5.37. The van der Waals surface area contributed by atoms with E-state index in [1.54, 1.807) is 24.7 Å². The van der Waals surface area contributed by atoms with Crippen molar-refractivity contribution in [3.05, 3.63) is 75.8 Å². The maximum Gasteiger partial charge on any atom is 0.272 e. The maximum atomic E-state index is 14.5. The fourth-order valence-corrected chi connectivity index (χ4v) is 3.90. The number of rotatable bonds is 4. The van der Waals surface area contributed by atoms with Crippen molar-refractivity contribution in [2.24, 2.45) is 0 Å². The van der Waals surface area contributed by atoms with Gasteiger partial charge in [0, 0.05) is 53.3 Å². The number of halogens is 1. The molecule has 0 unspecified atom stereocenters. The third-order valence-corrected chi connectivity index (χ3v) is 5.37. The van der Waals surface area contributed by atoms with Gasteiger partial charge in [-0.1, -0.05) is 6.07 Å². The zero-order valence-electron chi connectivity index (χ0n) is 16.2. The Hall–Kier alpha value is -3.81. The quantitative estimate of drug-likeness (QED) is 0.543. The van der Waals surface area contributed by atoms with Crippen molar-refractivity contribution in [1.29, 1.82) is 0 Å². The molecule has 0 fully saturated rings. The Bertz CT molecular complexity index is 1340. The van der Waals surface area contributed by atoms with E-state index in [4.69, 9.17) is 4.74 Å². The molecule has 3 aromatic heterocycles. The molecular weight excluding hydrogens is 385 g/mol. The Morgan fingerprint density at radius 1 is 1.20 bits per heavy atom. The van der Waals surface area contributed by atoms with Gasteiger partial charge in [0.15, 0.2) is 0 Å². The number of ether oxygens (including phenoxy) is 1. The summed E-state index contributed by atoms with van der Waals surface area (Å²) in [5.41, 5.74) is 3.37.